The van der Waals surface area contributed by atoms with Crippen LogP contribution in [0.2, 0.25) is 0 Å². The van der Waals surface area contributed by atoms with Crippen molar-refractivity contribution in [3.8, 4) is 0 Å². The Morgan fingerprint density at radius 2 is 2.04 bits per heavy atom. The van der Waals surface area contributed by atoms with E-state index in [1.165, 1.54) is 24.0 Å². The smallest absolute Gasteiger partial charge is 0.410 e. The lowest BCUT2D eigenvalue weighted by Gasteiger charge is -2.38. The van der Waals surface area contributed by atoms with Crippen LogP contribution in [-0.2, 0) is 11.3 Å². The van der Waals surface area contributed by atoms with Gasteiger partial charge in [-0.2, -0.15) is 5.10 Å². The van der Waals surface area contributed by atoms with Gasteiger partial charge in [0.05, 0.1) is 18.3 Å². The van der Waals surface area contributed by atoms with Crippen LogP contribution in [0.1, 0.15) is 46.8 Å². The van der Waals surface area contributed by atoms with Gasteiger partial charge in [0.15, 0.2) is 11.9 Å². The molecule has 154 valence electrons. The summed E-state index contributed by atoms with van der Waals surface area (Å²) < 4.78 is 21.2. The Balaban J connectivity index is 1.72. The molecule has 3 heterocycles. The molecule has 1 aliphatic rings. The monoisotopic (exact) mass is 395 g/mol. The predicted molar refractivity (Wildman–Crippen MR) is 99.6 cm³/mol. The second kappa shape index (κ2) is 7.16. The number of nitrogens with zero attached hydrogens (tertiary/aromatic N) is 5. The van der Waals surface area contributed by atoms with Crippen LogP contribution in [0.5, 0.6) is 0 Å². The zero-order chi connectivity index (χ0) is 20.7. The minimum Gasteiger partial charge on any atom is -0.444 e. The highest BCUT2D eigenvalue weighted by Gasteiger charge is 2.36. The van der Waals surface area contributed by atoms with Crippen molar-refractivity contribution in [3.63, 3.8) is 0 Å². The highest BCUT2D eigenvalue weighted by molar-refractivity contribution is 5.73. The van der Waals surface area contributed by atoms with Gasteiger partial charge in [0, 0.05) is 13.1 Å². The highest BCUT2D eigenvalue weighted by Crippen LogP contribution is 2.25. The molecule has 3 rings (SSSR count). The maximum Gasteiger partial charge on any atom is 0.410 e. The molecule has 1 aliphatic heterocycles. The van der Waals surface area contributed by atoms with Gasteiger partial charge < -0.3 is 14.7 Å². The van der Waals surface area contributed by atoms with Crippen molar-refractivity contribution in [2.24, 2.45) is 0 Å². The molecule has 28 heavy (non-hydrogen) atoms. The van der Waals surface area contributed by atoms with E-state index < -0.39 is 23.6 Å². The number of aliphatic hydroxyl groups is 1. The molecule has 2 aromatic rings. The SMILES string of the molecule is CC(F)n1ncc2c(=O)n(CC3(O)CCN(C(=O)OC(C)(C)C)CC3)cnc21. The van der Waals surface area contributed by atoms with Gasteiger partial charge in [-0.15, -0.1) is 0 Å². The number of fused-ring (bicyclic) bond motifs is 1. The van der Waals surface area contributed by atoms with Gasteiger partial charge in [0.25, 0.3) is 5.56 Å². The molecule has 2 aromatic heterocycles. The van der Waals surface area contributed by atoms with Crippen LogP contribution in [-0.4, -0.2) is 59.7 Å². The van der Waals surface area contributed by atoms with Gasteiger partial charge in [0.1, 0.15) is 17.3 Å². The number of piperidine rings is 1. The molecule has 1 saturated heterocycles. The second-order valence-electron chi connectivity index (χ2n) is 8.27. The molecule has 1 atom stereocenters. The number of rotatable bonds is 3. The van der Waals surface area contributed by atoms with Gasteiger partial charge in [-0.25, -0.2) is 18.9 Å². The fourth-order valence-electron chi connectivity index (χ4n) is 3.25. The Bertz CT molecular complexity index is 922. The summed E-state index contributed by atoms with van der Waals surface area (Å²) in [7, 11) is 0. The molecular weight excluding hydrogens is 369 g/mol. The fourth-order valence-corrected chi connectivity index (χ4v) is 3.25. The molecule has 0 saturated carbocycles. The molecule has 9 nitrogen and oxygen atoms in total. The Labute approximate surface area is 161 Å². The molecule has 1 N–H and O–H groups in total. The number of likely N-dealkylation sites (tertiary alicyclic amines) is 1. The van der Waals surface area contributed by atoms with Crippen molar-refractivity contribution in [1.82, 2.24) is 24.2 Å². The Morgan fingerprint density at radius 3 is 2.61 bits per heavy atom. The van der Waals surface area contributed by atoms with E-state index in [1.54, 1.807) is 25.7 Å². The third-order valence-electron chi connectivity index (χ3n) is 4.73. The van der Waals surface area contributed by atoms with E-state index in [0.717, 1.165) is 4.68 Å². The van der Waals surface area contributed by atoms with Crippen LogP contribution in [0, 0.1) is 0 Å². The summed E-state index contributed by atoms with van der Waals surface area (Å²) >= 11 is 0. The summed E-state index contributed by atoms with van der Waals surface area (Å²) in [6.07, 6.45) is 1.37. The largest absolute Gasteiger partial charge is 0.444 e. The van der Waals surface area contributed by atoms with E-state index in [4.69, 9.17) is 4.74 Å². The summed E-state index contributed by atoms with van der Waals surface area (Å²) in [5, 5.41) is 15.0. The fraction of sp³-hybridized carbons (Fsp3) is 0.667. The van der Waals surface area contributed by atoms with Crippen LogP contribution in [0.15, 0.2) is 17.3 Å². The molecule has 1 fully saturated rings. The van der Waals surface area contributed by atoms with E-state index in [0.29, 0.717) is 25.9 Å². The van der Waals surface area contributed by atoms with Crippen LogP contribution >= 0.6 is 0 Å². The van der Waals surface area contributed by atoms with Crippen molar-refractivity contribution in [3.05, 3.63) is 22.9 Å². The lowest BCUT2D eigenvalue weighted by molar-refractivity contribution is -0.0419. The minimum absolute atomic E-state index is 0.0350. The summed E-state index contributed by atoms with van der Waals surface area (Å²) in [6, 6.07) is 0. The van der Waals surface area contributed by atoms with Crippen LogP contribution < -0.4 is 5.56 Å². The summed E-state index contributed by atoms with van der Waals surface area (Å²) in [5.74, 6) is 0. The number of hydrogen-bond acceptors (Lipinski definition) is 6. The molecule has 0 spiro atoms. The quantitative estimate of drug-likeness (QED) is 0.851. The van der Waals surface area contributed by atoms with Crippen LogP contribution in [0.4, 0.5) is 9.18 Å². The first kappa shape index (κ1) is 20.2. The molecule has 0 radical (unpaired) electrons. The van der Waals surface area contributed by atoms with Crippen LogP contribution in [0.3, 0.4) is 0 Å². The number of carbonyl (C=O) groups excluding carboxylic acids is 1. The molecule has 0 aromatic carbocycles. The van der Waals surface area contributed by atoms with E-state index in [9.17, 15) is 19.1 Å². The van der Waals surface area contributed by atoms with Gasteiger partial charge >= 0.3 is 6.09 Å². The van der Waals surface area contributed by atoms with Gasteiger partial charge in [0.2, 0.25) is 0 Å². The molecule has 10 heteroatoms. The van der Waals surface area contributed by atoms with Crippen molar-refractivity contribution in [1.29, 1.82) is 0 Å². The first-order valence-corrected chi connectivity index (χ1v) is 9.26. The average molecular weight is 395 g/mol. The number of halogens is 1. The van der Waals surface area contributed by atoms with Crippen molar-refractivity contribution in [2.75, 3.05) is 13.1 Å². The summed E-state index contributed by atoms with van der Waals surface area (Å²) in [4.78, 5) is 30.5. The molecular formula is C18H26FN5O4. The lowest BCUT2D eigenvalue weighted by atomic mass is 9.91. The molecule has 1 unspecified atom stereocenters. The van der Waals surface area contributed by atoms with Crippen molar-refractivity contribution < 1.29 is 19.0 Å². The Kier molecular flexibility index (Phi) is 5.18. The normalized spacial score (nSPS) is 18.3. The minimum atomic E-state index is -1.40. The number of aromatic nitrogens is 4. The average Bonchev–Trinajstić information content (AvgIpc) is 3.01. The number of hydrogen-bond donors (Lipinski definition) is 1. The zero-order valence-electron chi connectivity index (χ0n) is 16.6. The van der Waals surface area contributed by atoms with E-state index in [2.05, 4.69) is 10.1 Å². The van der Waals surface area contributed by atoms with E-state index in [-0.39, 0.29) is 23.1 Å². The van der Waals surface area contributed by atoms with E-state index in [1.807, 2.05) is 0 Å². The number of ether oxygens (including phenoxy) is 1. The lowest BCUT2D eigenvalue weighted by Crippen LogP contribution is -2.50. The van der Waals surface area contributed by atoms with Gasteiger partial charge in [-0.3, -0.25) is 9.36 Å². The zero-order valence-corrected chi connectivity index (χ0v) is 16.6. The standard InChI is InChI=1S/C18H26FN5O4/c1-12(19)24-14-13(9-21-24)15(25)23(11-20-14)10-18(27)5-7-22(8-6-18)16(26)28-17(2,3)4/h9,11-12,27H,5-8,10H2,1-4H3. The molecule has 0 aliphatic carbocycles. The third kappa shape index (κ3) is 4.16. The van der Waals surface area contributed by atoms with Crippen molar-refractivity contribution >= 4 is 17.1 Å². The van der Waals surface area contributed by atoms with Gasteiger partial charge in [-0.05, 0) is 40.5 Å². The Morgan fingerprint density at radius 1 is 1.39 bits per heavy atom. The number of amides is 1. The maximum absolute atomic E-state index is 13.5. The summed E-state index contributed by atoms with van der Waals surface area (Å²) in [6.45, 7) is 7.39. The van der Waals surface area contributed by atoms with Gasteiger partial charge in [-0.1, -0.05) is 0 Å². The highest BCUT2D eigenvalue weighted by atomic mass is 19.1. The molecule has 0 bridgehead atoms. The number of carbonyl (C=O) groups is 1. The topological polar surface area (TPSA) is 102 Å². The first-order valence-electron chi connectivity index (χ1n) is 9.26. The molecule has 1 amide bonds. The van der Waals surface area contributed by atoms with Crippen molar-refractivity contribution in [2.45, 2.75) is 64.6 Å². The number of alkyl halides is 1. The van der Waals surface area contributed by atoms with Crippen LogP contribution in [0.25, 0.3) is 11.0 Å². The maximum atomic E-state index is 13.5. The predicted octanol–water partition coefficient (Wildman–Crippen LogP) is 1.84. The summed E-state index contributed by atoms with van der Waals surface area (Å²) in [5.41, 5.74) is -1.95. The van der Waals surface area contributed by atoms with E-state index >= 15 is 0 Å². The third-order valence-corrected chi connectivity index (χ3v) is 4.73. The Hall–Kier alpha value is -2.49. The first-order chi connectivity index (χ1) is 13.0. The second-order valence-corrected chi connectivity index (χ2v) is 8.27.